The summed E-state index contributed by atoms with van der Waals surface area (Å²) in [5, 5.41) is 19.1. The molecule has 0 aromatic heterocycles. The number of carboxylic acid groups (broad SMARTS) is 1. The van der Waals surface area contributed by atoms with Crippen LogP contribution in [0.15, 0.2) is 24.3 Å². The number of amides is 1. The number of hydrogen-bond donors (Lipinski definition) is 1. The molecule has 0 radical (unpaired) electrons. The molecule has 0 aliphatic carbocycles. The van der Waals surface area contributed by atoms with Gasteiger partial charge in [0.2, 0.25) is 0 Å². The summed E-state index contributed by atoms with van der Waals surface area (Å²) in [6.07, 6.45) is 0. The molecule has 1 saturated heterocycles. The van der Waals surface area contributed by atoms with Crippen LogP contribution in [0.5, 0.6) is 0 Å². The number of benzene rings is 1. The number of carbonyl (C=O) groups excluding carboxylic acids is 1. The number of carbonyl (C=O) groups is 2. The Morgan fingerprint density at radius 1 is 1.28 bits per heavy atom. The van der Waals surface area contributed by atoms with Crippen molar-refractivity contribution in [3.8, 4) is 0 Å². The Bertz CT molecular complexity index is 505. The molecule has 1 heterocycles. The van der Waals surface area contributed by atoms with Gasteiger partial charge in [-0.1, -0.05) is 0 Å². The lowest BCUT2D eigenvalue weighted by molar-refractivity contribution is -0.384. The fourth-order valence-electron chi connectivity index (χ4n) is 1.71. The Hall–Kier alpha value is -2.44. The van der Waals surface area contributed by atoms with Gasteiger partial charge >= 0.3 is 5.97 Å². The minimum atomic E-state index is -0.914. The zero-order valence-electron chi connectivity index (χ0n) is 9.28. The molecule has 0 spiro atoms. The van der Waals surface area contributed by atoms with Gasteiger partial charge in [-0.05, 0) is 12.1 Å². The summed E-state index contributed by atoms with van der Waals surface area (Å²) in [6.45, 7) is 0.371. The summed E-state index contributed by atoms with van der Waals surface area (Å²) >= 11 is 0. The number of carboxylic acids is 1. The van der Waals surface area contributed by atoms with E-state index in [1.807, 2.05) is 0 Å². The second-order valence-electron chi connectivity index (χ2n) is 4.05. The number of likely N-dealkylation sites (tertiary alicyclic amines) is 1. The minimum Gasteiger partial charge on any atom is -0.481 e. The van der Waals surface area contributed by atoms with Crippen molar-refractivity contribution in [1.82, 2.24) is 4.90 Å². The molecule has 94 valence electrons. The molecule has 1 aliphatic heterocycles. The Balaban J connectivity index is 2.02. The summed E-state index contributed by atoms with van der Waals surface area (Å²) in [4.78, 5) is 33.7. The molecule has 2 rings (SSSR count). The molecule has 1 fully saturated rings. The van der Waals surface area contributed by atoms with Gasteiger partial charge in [-0.3, -0.25) is 19.7 Å². The molecule has 1 aromatic carbocycles. The van der Waals surface area contributed by atoms with E-state index in [9.17, 15) is 19.7 Å². The topological polar surface area (TPSA) is 101 Å². The first kappa shape index (κ1) is 12.0. The number of nitrogens with zero attached hydrogens (tertiary/aromatic N) is 2. The smallest absolute Gasteiger partial charge is 0.310 e. The second kappa shape index (κ2) is 4.44. The third-order valence-electron chi connectivity index (χ3n) is 2.84. The molecule has 0 unspecified atom stereocenters. The highest BCUT2D eigenvalue weighted by molar-refractivity contribution is 5.95. The van der Waals surface area contributed by atoms with E-state index in [1.165, 1.54) is 29.2 Å². The van der Waals surface area contributed by atoms with Crippen molar-refractivity contribution in [2.75, 3.05) is 13.1 Å². The van der Waals surface area contributed by atoms with Gasteiger partial charge in [0.1, 0.15) is 0 Å². The van der Waals surface area contributed by atoms with Gasteiger partial charge in [0.25, 0.3) is 11.6 Å². The Morgan fingerprint density at radius 3 is 2.28 bits per heavy atom. The van der Waals surface area contributed by atoms with Gasteiger partial charge in [-0.2, -0.15) is 0 Å². The lowest BCUT2D eigenvalue weighted by Crippen LogP contribution is -2.53. The summed E-state index contributed by atoms with van der Waals surface area (Å²) in [6, 6.07) is 5.24. The summed E-state index contributed by atoms with van der Waals surface area (Å²) in [5.41, 5.74) is 0.239. The van der Waals surface area contributed by atoms with Crippen LogP contribution in [0.4, 0.5) is 5.69 Å². The van der Waals surface area contributed by atoms with Crippen molar-refractivity contribution in [3.05, 3.63) is 39.9 Å². The Labute approximate surface area is 102 Å². The van der Waals surface area contributed by atoms with Crippen LogP contribution in [0.25, 0.3) is 0 Å². The quantitative estimate of drug-likeness (QED) is 0.630. The van der Waals surface area contributed by atoms with Crippen molar-refractivity contribution >= 4 is 17.6 Å². The maximum atomic E-state index is 11.8. The van der Waals surface area contributed by atoms with Crippen LogP contribution in [-0.4, -0.2) is 39.9 Å². The largest absolute Gasteiger partial charge is 0.481 e. The standard InChI is InChI=1S/C11H10N2O5/c14-10(12-5-8(6-12)11(15)16)7-1-3-9(4-2-7)13(17)18/h1-4,8H,5-6H2,(H,15,16). The van der Waals surface area contributed by atoms with Gasteiger partial charge in [-0.25, -0.2) is 0 Å². The third-order valence-corrected chi connectivity index (χ3v) is 2.84. The van der Waals surface area contributed by atoms with Gasteiger partial charge < -0.3 is 10.0 Å². The summed E-state index contributed by atoms with van der Waals surface area (Å²) in [5.74, 6) is -1.72. The van der Waals surface area contributed by atoms with Crippen molar-refractivity contribution < 1.29 is 19.6 Å². The summed E-state index contributed by atoms with van der Waals surface area (Å²) in [7, 11) is 0. The second-order valence-corrected chi connectivity index (χ2v) is 4.05. The van der Waals surface area contributed by atoms with Gasteiger partial charge in [-0.15, -0.1) is 0 Å². The molecule has 1 aliphatic rings. The van der Waals surface area contributed by atoms with E-state index < -0.39 is 16.8 Å². The molecule has 1 aromatic rings. The molecule has 0 bridgehead atoms. The fourth-order valence-corrected chi connectivity index (χ4v) is 1.71. The highest BCUT2D eigenvalue weighted by atomic mass is 16.6. The molecule has 0 atom stereocenters. The van der Waals surface area contributed by atoms with E-state index in [1.54, 1.807) is 0 Å². The van der Waals surface area contributed by atoms with E-state index in [0.29, 0.717) is 5.56 Å². The maximum Gasteiger partial charge on any atom is 0.310 e. The number of rotatable bonds is 3. The number of non-ortho nitro benzene ring substituents is 1. The van der Waals surface area contributed by atoms with Crippen molar-refractivity contribution in [2.24, 2.45) is 5.92 Å². The fraction of sp³-hybridized carbons (Fsp3) is 0.273. The zero-order valence-corrected chi connectivity index (χ0v) is 9.28. The van der Waals surface area contributed by atoms with Gasteiger partial charge in [0.15, 0.2) is 0 Å². The Kier molecular flexibility index (Phi) is 2.97. The van der Waals surface area contributed by atoms with Crippen LogP contribution < -0.4 is 0 Å². The normalized spacial score (nSPS) is 15.0. The molecule has 0 saturated carbocycles. The number of nitro benzene ring substituents is 1. The van der Waals surface area contributed by atoms with Gasteiger partial charge in [0, 0.05) is 30.8 Å². The maximum absolute atomic E-state index is 11.8. The SMILES string of the molecule is O=C(O)C1CN(C(=O)c2ccc([N+](=O)[O-])cc2)C1. The van der Waals surface area contributed by atoms with Crippen LogP contribution in [0.1, 0.15) is 10.4 Å². The van der Waals surface area contributed by atoms with Crippen molar-refractivity contribution in [2.45, 2.75) is 0 Å². The van der Waals surface area contributed by atoms with Crippen molar-refractivity contribution in [1.29, 1.82) is 0 Å². The van der Waals surface area contributed by atoms with E-state index in [4.69, 9.17) is 5.11 Å². The Morgan fingerprint density at radius 2 is 1.83 bits per heavy atom. The molecule has 1 amide bonds. The van der Waals surface area contributed by atoms with E-state index in [0.717, 1.165) is 0 Å². The van der Waals surface area contributed by atoms with E-state index in [2.05, 4.69) is 0 Å². The van der Waals surface area contributed by atoms with Crippen LogP contribution in [0.2, 0.25) is 0 Å². The summed E-state index contributed by atoms with van der Waals surface area (Å²) < 4.78 is 0. The highest BCUT2D eigenvalue weighted by Gasteiger charge is 2.35. The van der Waals surface area contributed by atoms with Gasteiger partial charge in [0.05, 0.1) is 10.8 Å². The first-order valence-electron chi connectivity index (χ1n) is 5.25. The van der Waals surface area contributed by atoms with E-state index >= 15 is 0 Å². The number of nitro groups is 1. The first-order valence-corrected chi connectivity index (χ1v) is 5.25. The number of hydrogen-bond acceptors (Lipinski definition) is 4. The average molecular weight is 250 g/mol. The molecule has 1 N–H and O–H groups in total. The number of aliphatic carboxylic acids is 1. The van der Waals surface area contributed by atoms with Crippen molar-refractivity contribution in [3.63, 3.8) is 0 Å². The predicted molar refractivity (Wildman–Crippen MR) is 60.1 cm³/mol. The van der Waals surface area contributed by atoms with Crippen LogP contribution in [0.3, 0.4) is 0 Å². The lowest BCUT2D eigenvalue weighted by atomic mass is 9.99. The zero-order chi connectivity index (χ0) is 13.3. The average Bonchev–Trinajstić information content (AvgIpc) is 2.26. The molecular weight excluding hydrogens is 240 g/mol. The van der Waals surface area contributed by atoms with Crippen LogP contribution in [-0.2, 0) is 4.79 Å². The van der Waals surface area contributed by atoms with Crippen LogP contribution >= 0.6 is 0 Å². The molecule has 7 heteroatoms. The molecular formula is C11H10N2O5. The first-order chi connectivity index (χ1) is 8.49. The monoisotopic (exact) mass is 250 g/mol. The lowest BCUT2D eigenvalue weighted by Gasteiger charge is -2.36. The highest BCUT2D eigenvalue weighted by Crippen LogP contribution is 2.20. The minimum absolute atomic E-state index is 0.0847. The predicted octanol–water partition coefficient (Wildman–Crippen LogP) is 0.751. The third kappa shape index (κ3) is 2.15. The molecule has 7 nitrogen and oxygen atoms in total. The molecule has 18 heavy (non-hydrogen) atoms. The van der Waals surface area contributed by atoms with Crippen LogP contribution in [0, 0.1) is 16.0 Å². The van der Waals surface area contributed by atoms with E-state index in [-0.39, 0.29) is 24.7 Å².